The normalized spacial score (nSPS) is 19.6. The Morgan fingerprint density at radius 1 is 0.708 bits per heavy atom. The first-order chi connectivity index (χ1) is 30.9. The number of amides is 2. The van der Waals surface area contributed by atoms with Crippen molar-refractivity contribution in [3.63, 3.8) is 0 Å². The highest BCUT2D eigenvalue weighted by molar-refractivity contribution is 9.10. The number of piperazine rings is 2. The molecule has 0 aliphatic carbocycles. The van der Waals surface area contributed by atoms with Crippen LogP contribution in [0.2, 0.25) is 0 Å². The van der Waals surface area contributed by atoms with Crippen LogP contribution in [-0.4, -0.2) is 113 Å². The summed E-state index contributed by atoms with van der Waals surface area (Å²) in [5.74, 6) is 0.344. The van der Waals surface area contributed by atoms with E-state index in [4.69, 9.17) is 19.7 Å². The van der Waals surface area contributed by atoms with Crippen molar-refractivity contribution in [2.45, 2.75) is 89.8 Å². The summed E-state index contributed by atoms with van der Waals surface area (Å²) < 4.78 is 28.8. The molecule has 6 aromatic heterocycles. The summed E-state index contributed by atoms with van der Waals surface area (Å²) >= 11 is 6.91. The van der Waals surface area contributed by atoms with E-state index in [1.54, 1.807) is 27.5 Å². The van der Waals surface area contributed by atoms with Gasteiger partial charge < -0.3 is 19.7 Å². The van der Waals surface area contributed by atoms with Crippen LogP contribution in [0.15, 0.2) is 82.5 Å². The van der Waals surface area contributed by atoms with E-state index in [1.165, 1.54) is 18.5 Å². The van der Waals surface area contributed by atoms with Gasteiger partial charge in [-0.15, -0.1) is 0 Å². The van der Waals surface area contributed by atoms with E-state index in [0.29, 0.717) is 28.7 Å². The van der Waals surface area contributed by atoms with Gasteiger partial charge >= 0.3 is 12.2 Å². The number of aromatic nitrogens is 6. The number of anilines is 1. The van der Waals surface area contributed by atoms with E-state index >= 15 is 0 Å². The van der Waals surface area contributed by atoms with Crippen molar-refractivity contribution in [3.05, 3.63) is 99.6 Å². The number of nitriles is 2. The Hall–Kier alpha value is -6.15. The standard InChI is InChI=1S/C23H23BrN6O2.C13H6BrFN4.C10H18N2O2/c1-23(2,3)32-22(31)30-17-7-18(30)13-28(12-17)20-5-4-14(9-26-20)19-6-16(24)11-29-21(19)15(8-25)10-27-29;14-10-3-11(8-1-2-12(15)17-5-8)13-9(4-16)6-18-19(13)7-10;1-10(2,3)14-9(13)12-7-4-8(12)6-11-5-7/h4-6,9-11,17-18H,7,12-13H2,1-3H3;1-3,5-7H;7-8,11H,4-6H2,1-3H3. The Morgan fingerprint density at radius 2 is 1.17 bits per heavy atom. The summed E-state index contributed by atoms with van der Waals surface area (Å²) in [6.07, 6.45) is 11.7. The molecule has 2 amide bonds. The number of hydrogen-bond donors (Lipinski definition) is 1. The molecule has 16 nitrogen and oxygen atoms in total. The van der Waals surface area contributed by atoms with Crippen molar-refractivity contribution in [2.75, 3.05) is 31.1 Å². The first-order valence-corrected chi connectivity index (χ1v) is 22.7. The molecule has 4 bridgehead atoms. The fourth-order valence-electron chi connectivity index (χ4n) is 8.55. The molecule has 0 aromatic carbocycles. The number of carbonyl (C=O) groups excluding carboxylic acids is 2. The SMILES string of the molecule is CC(C)(C)OC(=O)N1C2CC1CN(c1ccc(-c3cc(Br)cn4ncc(C#N)c34)cn1)C2.CC(C)(C)OC(=O)N1C2CNCC1C2.N#Cc1cnn2cc(Br)cc(-c3ccc(F)nc3)c12. The average molecular weight is 1010 g/mol. The van der Waals surface area contributed by atoms with E-state index in [-0.39, 0.29) is 29.9 Å². The summed E-state index contributed by atoms with van der Waals surface area (Å²) in [6, 6.07) is 16.1. The van der Waals surface area contributed by atoms with Crippen molar-refractivity contribution < 1.29 is 23.5 Å². The molecule has 0 saturated carbocycles. The number of nitrogens with one attached hydrogen (secondary N) is 1. The van der Waals surface area contributed by atoms with E-state index in [0.717, 1.165) is 81.6 Å². The highest BCUT2D eigenvalue weighted by Crippen LogP contribution is 2.37. The molecular formula is C46H47Br2FN12O4. The van der Waals surface area contributed by atoms with Crippen molar-refractivity contribution >= 4 is 60.9 Å². The molecule has 0 spiro atoms. The zero-order valence-corrected chi connectivity index (χ0v) is 39.8. The molecule has 6 fully saturated rings. The van der Waals surface area contributed by atoms with E-state index < -0.39 is 11.5 Å². The highest BCUT2D eigenvalue weighted by Gasteiger charge is 2.49. The Balaban J connectivity index is 0.000000147. The number of carbonyl (C=O) groups is 2. The number of fused-ring (bicyclic) bond motifs is 6. The number of hydrogen-bond acceptors (Lipinski definition) is 12. The lowest BCUT2D eigenvalue weighted by molar-refractivity contribution is -0.0440. The van der Waals surface area contributed by atoms with Gasteiger partial charge in [-0.25, -0.2) is 28.6 Å². The second-order valence-electron chi connectivity index (χ2n) is 18.3. The van der Waals surface area contributed by atoms with Gasteiger partial charge in [-0.2, -0.15) is 25.1 Å². The molecule has 19 heteroatoms. The number of piperidine rings is 2. The van der Waals surface area contributed by atoms with Crippen molar-refractivity contribution in [1.82, 2.24) is 44.3 Å². The lowest BCUT2D eigenvalue weighted by Gasteiger charge is -2.56. The van der Waals surface area contributed by atoms with Crippen LogP contribution in [0.25, 0.3) is 33.3 Å². The van der Waals surface area contributed by atoms with Gasteiger partial charge in [0, 0.05) is 94.2 Å². The minimum atomic E-state index is -0.538. The van der Waals surface area contributed by atoms with Gasteiger partial charge in [0.05, 0.1) is 46.6 Å². The summed E-state index contributed by atoms with van der Waals surface area (Å²) in [5.41, 5.74) is 4.87. The molecule has 1 N–H and O–H groups in total. The first kappa shape index (κ1) is 45.4. The first-order valence-electron chi connectivity index (χ1n) is 21.1. The molecule has 336 valence electrons. The predicted molar refractivity (Wildman–Crippen MR) is 247 cm³/mol. The van der Waals surface area contributed by atoms with Crippen LogP contribution < -0.4 is 10.2 Å². The minimum absolute atomic E-state index is 0.153. The molecule has 4 unspecified atom stereocenters. The average Bonchev–Trinajstić information content (AvgIpc) is 3.86. The van der Waals surface area contributed by atoms with Gasteiger partial charge in [0.1, 0.15) is 29.2 Å². The molecule has 12 heterocycles. The summed E-state index contributed by atoms with van der Waals surface area (Å²) in [6.45, 7) is 14.7. The molecule has 4 atom stereocenters. The second kappa shape index (κ2) is 18.0. The molecule has 12 rings (SSSR count). The van der Waals surface area contributed by atoms with E-state index in [9.17, 15) is 19.2 Å². The van der Waals surface area contributed by atoms with Crippen molar-refractivity contribution in [3.8, 4) is 34.4 Å². The Morgan fingerprint density at radius 3 is 1.58 bits per heavy atom. The number of ether oxygens (including phenoxy) is 2. The molecule has 0 radical (unpaired) electrons. The van der Waals surface area contributed by atoms with Gasteiger partial charge in [0.15, 0.2) is 0 Å². The second-order valence-corrected chi connectivity index (χ2v) is 20.1. The van der Waals surface area contributed by atoms with E-state index in [2.05, 4.69) is 69.4 Å². The Kier molecular flexibility index (Phi) is 12.6. The number of pyridine rings is 4. The summed E-state index contributed by atoms with van der Waals surface area (Å²) in [7, 11) is 0. The molecule has 65 heavy (non-hydrogen) atoms. The largest absolute Gasteiger partial charge is 0.444 e. The summed E-state index contributed by atoms with van der Waals surface area (Å²) in [4.78, 5) is 38.5. The van der Waals surface area contributed by atoms with Gasteiger partial charge in [-0.1, -0.05) is 0 Å². The topological polar surface area (TPSA) is 182 Å². The van der Waals surface area contributed by atoms with Gasteiger partial charge in [0.2, 0.25) is 5.95 Å². The zero-order valence-electron chi connectivity index (χ0n) is 36.7. The molecule has 6 aliphatic rings. The highest BCUT2D eigenvalue weighted by atomic mass is 79.9. The van der Waals surface area contributed by atoms with Crippen molar-refractivity contribution in [1.29, 1.82) is 10.5 Å². The van der Waals surface area contributed by atoms with Crippen LogP contribution in [0.1, 0.15) is 65.5 Å². The third-order valence-electron chi connectivity index (χ3n) is 11.3. The third kappa shape index (κ3) is 9.78. The van der Waals surface area contributed by atoms with Gasteiger partial charge in [-0.05, 0) is 123 Å². The third-order valence-corrected chi connectivity index (χ3v) is 12.2. The summed E-state index contributed by atoms with van der Waals surface area (Å²) in [5, 5.41) is 30.3. The van der Waals surface area contributed by atoms with Crippen LogP contribution in [0, 0.1) is 28.6 Å². The maximum absolute atomic E-state index is 12.9. The van der Waals surface area contributed by atoms with Crippen LogP contribution in [0.3, 0.4) is 0 Å². The van der Waals surface area contributed by atoms with Crippen molar-refractivity contribution in [2.24, 2.45) is 0 Å². The van der Waals surface area contributed by atoms with Crippen LogP contribution in [0.4, 0.5) is 19.8 Å². The maximum atomic E-state index is 12.9. The lowest BCUT2D eigenvalue weighted by Crippen LogP contribution is -2.70. The lowest BCUT2D eigenvalue weighted by atomic mass is 9.88. The molecular weight excluding hydrogens is 963 g/mol. The Labute approximate surface area is 392 Å². The van der Waals surface area contributed by atoms with Crippen LogP contribution >= 0.6 is 31.9 Å². The monoisotopic (exact) mass is 1010 g/mol. The predicted octanol–water partition coefficient (Wildman–Crippen LogP) is 8.37. The minimum Gasteiger partial charge on any atom is -0.444 e. The van der Waals surface area contributed by atoms with Crippen LogP contribution in [0.5, 0.6) is 0 Å². The molecule has 6 aliphatic heterocycles. The van der Waals surface area contributed by atoms with Gasteiger partial charge in [0.25, 0.3) is 0 Å². The fourth-order valence-corrected chi connectivity index (χ4v) is 9.40. The molecule has 6 saturated heterocycles. The molecule has 6 aromatic rings. The quantitative estimate of drug-likeness (QED) is 0.168. The van der Waals surface area contributed by atoms with Gasteiger partial charge in [-0.3, -0.25) is 9.80 Å². The number of nitrogens with zero attached hydrogens (tertiary/aromatic N) is 11. The maximum Gasteiger partial charge on any atom is 0.410 e. The smallest absolute Gasteiger partial charge is 0.410 e. The Bertz CT molecular complexity index is 2820. The zero-order chi connectivity index (χ0) is 46.4. The number of halogens is 3. The van der Waals surface area contributed by atoms with E-state index in [1.807, 2.05) is 88.0 Å². The van der Waals surface area contributed by atoms with Crippen LogP contribution in [-0.2, 0) is 9.47 Å². The number of rotatable bonds is 3. The fraction of sp³-hybridized carbons (Fsp3) is 0.391.